The maximum absolute atomic E-state index is 6.06. The summed E-state index contributed by atoms with van der Waals surface area (Å²) in [6.07, 6.45) is 1.82. The molecule has 0 fully saturated rings. The van der Waals surface area contributed by atoms with Crippen LogP contribution in [0.15, 0.2) is 16.8 Å². The molecule has 0 saturated heterocycles. The average Bonchev–Trinajstić information content (AvgIpc) is 2.83. The summed E-state index contributed by atoms with van der Waals surface area (Å²) in [5.74, 6) is 0.915. The molecular weight excluding hydrogens is 218 g/mol. The van der Waals surface area contributed by atoms with E-state index in [1.54, 1.807) is 4.68 Å². The molecule has 0 aliphatic heterocycles. The highest BCUT2D eigenvalue weighted by Crippen LogP contribution is 2.29. The van der Waals surface area contributed by atoms with Crippen LogP contribution >= 0.6 is 0 Å². The SMILES string of the molecule is Cn1ccc(-c2nc(C(N)C(C)(C)C)no2)n1. The van der Waals surface area contributed by atoms with Crippen molar-refractivity contribution in [1.29, 1.82) is 0 Å². The second-order valence-electron chi connectivity index (χ2n) is 5.18. The summed E-state index contributed by atoms with van der Waals surface area (Å²) in [6.45, 7) is 6.11. The van der Waals surface area contributed by atoms with Gasteiger partial charge in [0.15, 0.2) is 11.5 Å². The van der Waals surface area contributed by atoms with Crippen LogP contribution in [0.2, 0.25) is 0 Å². The van der Waals surface area contributed by atoms with Gasteiger partial charge in [-0.15, -0.1) is 0 Å². The molecule has 0 spiro atoms. The Morgan fingerprint density at radius 1 is 1.41 bits per heavy atom. The lowest BCUT2D eigenvalue weighted by Gasteiger charge is -2.23. The second-order valence-corrected chi connectivity index (χ2v) is 5.18. The molecule has 0 aliphatic carbocycles. The van der Waals surface area contributed by atoms with Crippen LogP contribution in [0.5, 0.6) is 0 Å². The quantitative estimate of drug-likeness (QED) is 0.853. The molecule has 1 atom stereocenters. The molecule has 17 heavy (non-hydrogen) atoms. The van der Waals surface area contributed by atoms with Crippen molar-refractivity contribution < 1.29 is 4.52 Å². The molecule has 0 saturated carbocycles. The molecule has 92 valence electrons. The van der Waals surface area contributed by atoms with Crippen LogP contribution in [0, 0.1) is 5.41 Å². The zero-order valence-corrected chi connectivity index (χ0v) is 10.5. The summed E-state index contributed by atoms with van der Waals surface area (Å²) in [6, 6.07) is 1.56. The Kier molecular flexibility index (Phi) is 2.74. The van der Waals surface area contributed by atoms with Gasteiger partial charge >= 0.3 is 0 Å². The van der Waals surface area contributed by atoms with Gasteiger partial charge in [0.1, 0.15) is 0 Å². The third-order valence-corrected chi connectivity index (χ3v) is 2.59. The van der Waals surface area contributed by atoms with E-state index in [4.69, 9.17) is 10.3 Å². The summed E-state index contributed by atoms with van der Waals surface area (Å²) in [4.78, 5) is 4.28. The first-order valence-electron chi connectivity index (χ1n) is 5.47. The van der Waals surface area contributed by atoms with Gasteiger partial charge in [-0.25, -0.2) is 0 Å². The zero-order chi connectivity index (χ0) is 12.6. The van der Waals surface area contributed by atoms with Gasteiger partial charge in [-0.1, -0.05) is 25.9 Å². The Labute approximate surface area is 99.8 Å². The molecule has 6 heteroatoms. The maximum Gasteiger partial charge on any atom is 0.278 e. The lowest BCUT2D eigenvalue weighted by Crippen LogP contribution is -2.27. The molecule has 0 aliphatic rings. The Bertz CT molecular complexity index is 508. The minimum atomic E-state index is -0.260. The highest BCUT2D eigenvalue weighted by molar-refractivity contribution is 5.44. The molecule has 2 N–H and O–H groups in total. The third-order valence-electron chi connectivity index (χ3n) is 2.59. The molecule has 6 nitrogen and oxygen atoms in total. The molecule has 0 radical (unpaired) electrons. The number of aryl methyl sites for hydroxylation is 1. The molecule has 2 heterocycles. The largest absolute Gasteiger partial charge is 0.332 e. The number of hydrogen-bond donors (Lipinski definition) is 1. The van der Waals surface area contributed by atoms with Crippen LogP contribution in [0.1, 0.15) is 32.6 Å². The van der Waals surface area contributed by atoms with Crippen molar-refractivity contribution in [3.8, 4) is 11.6 Å². The highest BCUT2D eigenvalue weighted by atomic mass is 16.5. The summed E-state index contributed by atoms with van der Waals surface area (Å²) in [7, 11) is 1.83. The lowest BCUT2D eigenvalue weighted by molar-refractivity contribution is 0.303. The number of aromatic nitrogens is 4. The fourth-order valence-electron chi connectivity index (χ4n) is 1.38. The molecule has 0 bridgehead atoms. The van der Waals surface area contributed by atoms with E-state index in [1.165, 1.54) is 0 Å². The van der Waals surface area contributed by atoms with Gasteiger partial charge in [-0.3, -0.25) is 4.68 Å². The summed E-state index contributed by atoms with van der Waals surface area (Å²) in [5, 5.41) is 8.10. The maximum atomic E-state index is 6.06. The standard InChI is InChI=1S/C11H17N5O/c1-11(2,3)8(12)9-13-10(17-15-9)7-5-6-16(4)14-7/h5-6,8H,12H2,1-4H3. The summed E-state index contributed by atoms with van der Waals surface area (Å²) >= 11 is 0. The van der Waals surface area contributed by atoms with E-state index < -0.39 is 0 Å². The minimum absolute atomic E-state index is 0.106. The molecule has 2 rings (SSSR count). The fourth-order valence-corrected chi connectivity index (χ4v) is 1.38. The van der Waals surface area contributed by atoms with Crippen molar-refractivity contribution in [2.45, 2.75) is 26.8 Å². The first-order valence-corrected chi connectivity index (χ1v) is 5.47. The van der Waals surface area contributed by atoms with Crippen molar-refractivity contribution in [2.24, 2.45) is 18.2 Å². The predicted molar refractivity (Wildman–Crippen MR) is 62.9 cm³/mol. The van der Waals surface area contributed by atoms with Crippen molar-refractivity contribution in [3.05, 3.63) is 18.1 Å². The van der Waals surface area contributed by atoms with Gasteiger partial charge in [-0.05, 0) is 11.5 Å². The first kappa shape index (κ1) is 11.8. The van der Waals surface area contributed by atoms with E-state index in [-0.39, 0.29) is 11.5 Å². The first-order chi connectivity index (χ1) is 7.88. The normalized spacial score (nSPS) is 13.9. The van der Waals surface area contributed by atoms with Gasteiger partial charge < -0.3 is 10.3 Å². The second kappa shape index (κ2) is 3.96. The van der Waals surface area contributed by atoms with Crippen LogP contribution < -0.4 is 5.73 Å². The molecule has 0 aromatic carbocycles. The van der Waals surface area contributed by atoms with E-state index in [0.717, 1.165) is 0 Å². The lowest BCUT2D eigenvalue weighted by atomic mass is 9.87. The van der Waals surface area contributed by atoms with Crippen LogP contribution in [0.3, 0.4) is 0 Å². The number of rotatable bonds is 2. The van der Waals surface area contributed by atoms with Crippen molar-refractivity contribution >= 4 is 0 Å². The van der Waals surface area contributed by atoms with E-state index in [1.807, 2.05) is 40.1 Å². The third kappa shape index (κ3) is 2.36. The van der Waals surface area contributed by atoms with Crippen molar-refractivity contribution in [1.82, 2.24) is 19.9 Å². The van der Waals surface area contributed by atoms with Gasteiger partial charge in [-0.2, -0.15) is 10.1 Å². The molecule has 2 aromatic rings. The smallest absolute Gasteiger partial charge is 0.278 e. The molecule has 2 aromatic heterocycles. The molecular formula is C11H17N5O. The van der Waals surface area contributed by atoms with E-state index in [0.29, 0.717) is 17.4 Å². The monoisotopic (exact) mass is 235 g/mol. The Morgan fingerprint density at radius 2 is 2.12 bits per heavy atom. The van der Waals surface area contributed by atoms with Crippen LogP contribution in [-0.2, 0) is 7.05 Å². The van der Waals surface area contributed by atoms with Crippen molar-refractivity contribution in [2.75, 3.05) is 0 Å². The Balaban J connectivity index is 2.28. The predicted octanol–water partition coefficient (Wildman–Crippen LogP) is 1.52. The highest BCUT2D eigenvalue weighted by Gasteiger charge is 2.27. The minimum Gasteiger partial charge on any atom is -0.332 e. The number of hydrogen-bond acceptors (Lipinski definition) is 5. The van der Waals surface area contributed by atoms with Gasteiger partial charge in [0.25, 0.3) is 5.89 Å². The Hall–Kier alpha value is -1.69. The molecule has 0 amide bonds. The number of nitrogens with zero attached hydrogens (tertiary/aromatic N) is 4. The fraction of sp³-hybridized carbons (Fsp3) is 0.545. The summed E-state index contributed by atoms with van der Waals surface area (Å²) in [5.41, 5.74) is 6.61. The van der Waals surface area contributed by atoms with E-state index >= 15 is 0 Å². The van der Waals surface area contributed by atoms with E-state index in [2.05, 4.69) is 15.2 Å². The van der Waals surface area contributed by atoms with Gasteiger partial charge in [0.05, 0.1) is 6.04 Å². The van der Waals surface area contributed by atoms with Gasteiger partial charge in [0.2, 0.25) is 0 Å². The summed E-state index contributed by atoms with van der Waals surface area (Å²) < 4.78 is 6.85. The average molecular weight is 235 g/mol. The van der Waals surface area contributed by atoms with Crippen LogP contribution in [0.25, 0.3) is 11.6 Å². The van der Waals surface area contributed by atoms with Gasteiger partial charge in [0, 0.05) is 13.2 Å². The van der Waals surface area contributed by atoms with Crippen LogP contribution in [-0.4, -0.2) is 19.9 Å². The van der Waals surface area contributed by atoms with Crippen LogP contribution in [0.4, 0.5) is 0 Å². The van der Waals surface area contributed by atoms with Crippen molar-refractivity contribution in [3.63, 3.8) is 0 Å². The zero-order valence-electron chi connectivity index (χ0n) is 10.5. The Morgan fingerprint density at radius 3 is 2.65 bits per heavy atom. The van der Waals surface area contributed by atoms with E-state index in [9.17, 15) is 0 Å². The molecule has 1 unspecified atom stereocenters. The topological polar surface area (TPSA) is 82.8 Å². The number of nitrogens with two attached hydrogens (primary N) is 1.